The van der Waals surface area contributed by atoms with Crippen LogP contribution in [0.25, 0.3) is 0 Å². The van der Waals surface area contributed by atoms with Crippen molar-refractivity contribution in [3.8, 4) is 0 Å². The molecule has 2 rings (SSSR count). The van der Waals surface area contributed by atoms with Gasteiger partial charge in [-0.3, -0.25) is 13.6 Å². The predicted molar refractivity (Wildman–Crippen MR) is 140 cm³/mol. The van der Waals surface area contributed by atoms with Crippen molar-refractivity contribution in [3.05, 3.63) is 59.4 Å². The van der Waals surface area contributed by atoms with Gasteiger partial charge in [-0.1, -0.05) is 23.9 Å². The van der Waals surface area contributed by atoms with E-state index in [0.717, 1.165) is 23.9 Å². The molecule has 0 bridgehead atoms. The molecule has 7 nitrogen and oxygen atoms in total. The Hall–Kier alpha value is -2.11. The SMILES string of the molecule is COP(=O)(OC)OCC(C)(CCCc1ccc(Sc2cccc(C(F)(F)F)c2)cc1F)NC(=O)OC(C)(C)C. The second-order valence-electron chi connectivity index (χ2n) is 10.0. The minimum atomic E-state index is -4.46. The zero-order valence-electron chi connectivity index (χ0n) is 22.7. The van der Waals surface area contributed by atoms with E-state index in [1.807, 2.05) is 0 Å². The molecule has 1 amide bonds. The lowest BCUT2D eigenvalue weighted by Gasteiger charge is -2.32. The Labute approximate surface area is 230 Å². The number of hydrogen-bond donors (Lipinski definition) is 1. The zero-order chi connectivity index (χ0) is 29.5. The van der Waals surface area contributed by atoms with Gasteiger partial charge in [-0.15, -0.1) is 0 Å². The molecule has 0 aliphatic heterocycles. The molecule has 0 aliphatic rings. The summed E-state index contributed by atoms with van der Waals surface area (Å²) in [4.78, 5) is 13.2. The first-order chi connectivity index (χ1) is 18.0. The Morgan fingerprint density at radius 2 is 1.64 bits per heavy atom. The number of carbonyl (C=O) groups excluding carboxylic acids is 1. The van der Waals surface area contributed by atoms with Crippen LogP contribution in [0.1, 0.15) is 51.7 Å². The van der Waals surface area contributed by atoms with Crippen molar-refractivity contribution in [1.82, 2.24) is 5.32 Å². The molecule has 39 heavy (non-hydrogen) atoms. The van der Waals surface area contributed by atoms with Crippen molar-refractivity contribution in [2.24, 2.45) is 0 Å². The van der Waals surface area contributed by atoms with Gasteiger partial charge in [0.1, 0.15) is 11.4 Å². The lowest BCUT2D eigenvalue weighted by Crippen LogP contribution is -2.51. The van der Waals surface area contributed by atoms with Crippen LogP contribution in [0.4, 0.5) is 22.4 Å². The van der Waals surface area contributed by atoms with Crippen molar-refractivity contribution in [2.75, 3.05) is 20.8 Å². The average Bonchev–Trinajstić information content (AvgIpc) is 2.82. The van der Waals surface area contributed by atoms with Crippen molar-refractivity contribution >= 4 is 25.7 Å². The maximum atomic E-state index is 14.9. The molecule has 0 saturated carbocycles. The lowest BCUT2D eigenvalue weighted by atomic mass is 9.94. The molecule has 2 aromatic carbocycles. The summed E-state index contributed by atoms with van der Waals surface area (Å²) in [6.45, 7) is 6.56. The maximum absolute atomic E-state index is 14.9. The van der Waals surface area contributed by atoms with E-state index in [0.29, 0.717) is 28.2 Å². The Balaban J connectivity index is 2.08. The molecular weight excluding hydrogens is 561 g/mol. The molecule has 1 atom stereocenters. The van der Waals surface area contributed by atoms with Crippen molar-refractivity contribution in [3.63, 3.8) is 0 Å². The number of alkyl carbamates (subject to hydrolysis) is 1. The highest BCUT2D eigenvalue weighted by atomic mass is 32.2. The summed E-state index contributed by atoms with van der Waals surface area (Å²) in [5.41, 5.74) is -2.20. The predicted octanol–water partition coefficient (Wildman–Crippen LogP) is 8.02. The van der Waals surface area contributed by atoms with E-state index in [-0.39, 0.29) is 13.0 Å². The first-order valence-electron chi connectivity index (χ1n) is 12.0. The van der Waals surface area contributed by atoms with Crippen LogP contribution < -0.4 is 5.32 Å². The number of benzene rings is 2. The Kier molecular flexibility index (Phi) is 11.5. The summed E-state index contributed by atoms with van der Waals surface area (Å²) in [6.07, 6.45) is -4.19. The van der Waals surface area contributed by atoms with Gasteiger partial charge >= 0.3 is 20.1 Å². The van der Waals surface area contributed by atoms with E-state index in [1.165, 1.54) is 32.4 Å². The summed E-state index contributed by atoms with van der Waals surface area (Å²) < 4.78 is 86.4. The summed E-state index contributed by atoms with van der Waals surface area (Å²) in [6, 6.07) is 9.31. The van der Waals surface area contributed by atoms with Gasteiger partial charge in [-0.25, -0.2) is 13.8 Å². The second-order valence-corrected chi connectivity index (χ2v) is 13.0. The van der Waals surface area contributed by atoms with Gasteiger partial charge in [0.15, 0.2) is 0 Å². The average molecular weight is 596 g/mol. The first-order valence-corrected chi connectivity index (χ1v) is 14.3. The quantitative estimate of drug-likeness (QED) is 0.197. The van der Waals surface area contributed by atoms with E-state index >= 15 is 0 Å². The smallest absolute Gasteiger partial charge is 0.444 e. The van der Waals surface area contributed by atoms with Gasteiger partial charge in [0.2, 0.25) is 0 Å². The molecule has 0 spiro atoms. The molecule has 0 aromatic heterocycles. The van der Waals surface area contributed by atoms with Gasteiger partial charge in [0.25, 0.3) is 0 Å². The van der Waals surface area contributed by atoms with Crippen LogP contribution in [0.5, 0.6) is 0 Å². The largest absolute Gasteiger partial charge is 0.474 e. The Morgan fingerprint density at radius 1 is 1.00 bits per heavy atom. The van der Waals surface area contributed by atoms with Crippen molar-refractivity contribution in [1.29, 1.82) is 0 Å². The molecular formula is C26H34F4NO6PS. The number of rotatable bonds is 12. The van der Waals surface area contributed by atoms with Gasteiger partial charge in [-0.2, -0.15) is 13.2 Å². The van der Waals surface area contributed by atoms with Gasteiger partial charge < -0.3 is 10.1 Å². The van der Waals surface area contributed by atoms with Gasteiger partial charge in [-0.05, 0) is 82.9 Å². The van der Waals surface area contributed by atoms with E-state index in [4.69, 9.17) is 18.3 Å². The lowest BCUT2D eigenvalue weighted by molar-refractivity contribution is -0.137. The van der Waals surface area contributed by atoms with Crippen molar-refractivity contribution < 1.29 is 45.2 Å². The number of hydrogen-bond acceptors (Lipinski definition) is 7. The molecule has 0 saturated heterocycles. The van der Waals surface area contributed by atoms with Crippen molar-refractivity contribution in [2.45, 2.75) is 74.1 Å². The van der Waals surface area contributed by atoms with E-state index in [9.17, 15) is 26.9 Å². The molecule has 0 fully saturated rings. The van der Waals surface area contributed by atoms with Crippen LogP contribution in [0.2, 0.25) is 0 Å². The number of carbonyl (C=O) groups is 1. The summed E-state index contributed by atoms with van der Waals surface area (Å²) in [5, 5.41) is 2.73. The zero-order valence-corrected chi connectivity index (χ0v) is 24.4. The number of aryl methyl sites for hydroxylation is 1. The summed E-state index contributed by atoms with van der Waals surface area (Å²) in [5.74, 6) is -0.506. The fourth-order valence-electron chi connectivity index (χ4n) is 3.46. The van der Waals surface area contributed by atoms with E-state index in [2.05, 4.69) is 5.32 Å². The van der Waals surface area contributed by atoms with E-state index < -0.39 is 42.6 Å². The molecule has 13 heteroatoms. The third kappa shape index (κ3) is 11.1. The van der Waals surface area contributed by atoms with Crippen LogP contribution in [0.3, 0.4) is 0 Å². The topological polar surface area (TPSA) is 83.1 Å². The van der Waals surface area contributed by atoms with Gasteiger partial charge in [0, 0.05) is 24.0 Å². The van der Waals surface area contributed by atoms with Gasteiger partial charge in [0.05, 0.1) is 17.7 Å². The first kappa shape index (κ1) is 33.1. The minimum absolute atomic E-state index is 0.236. The van der Waals surface area contributed by atoms with Crippen LogP contribution in [-0.4, -0.2) is 38.1 Å². The van der Waals surface area contributed by atoms with Crippen LogP contribution >= 0.6 is 19.6 Å². The number of amides is 1. The third-order valence-corrected chi connectivity index (χ3v) is 7.71. The number of ether oxygens (including phenoxy) is 1. The van der Waals surface area contributed by atoms with Crippen LogP contribution in [-0.2, 0) is 35.5 Å². The maximum Gasteiger partial charge on any atom is 0.474 e. The monoisotopic (exact) mass is 595 g/mol. The molecule has 218 valence electrons. The minimum Gasteiger partial charge on any atom is -0.444 e. The molecule has 0 aliphatic carbocycles. The van der Waals surface area contributed by atoms with Crippen LogP contribution in [0, 0.1) is 5.82 Å². The molecule has 2 aromatic rings. The number of nitrogens with one attached hydrogen (secondary N) is 1. The molecule has 0 radical (unpaired) electrons. The molecule has 0 heterocycles. The molecule has 1 N–H and O–H groups in total. The number of halogens is 4. The van der Waals surface area contributed by atoms with Crippen LogP contribution in [0.15, 0.2) is 52.3 Å². The van der Waals surface area contributed by atoms with E-state index in [1.54, 1.807) is 39.8 Å². The number of alkyl halides is 3. The number of phosphoric ester groups is 1. The fourth-order valence-corrected chi connectivity index (χ4v) is 5.16. The fraction of sp³-hybridized carbons (Fsp3) is 0.500. The highest BCUT2D eigenvalue weighted by molar-refractivity contribution is 7.99. The summed E-state index contributed by atoms with van der Waals surface area (Å²) >= 11 is 1.03. The Bertz CT molecular complexity index is 1170. The highest BCUT2D eigenvalue weighted by Crippen LogP contribution is 2.48. The Morgan fingerprint density at radius 3 is 2.21 bits per heavy atom. The second kappa shape index (κ2) is 13.5. The highest BCUT2D eigenvalue weighted by Gasteiger charge is 2.34. The summed E-state index contributed by atoms with van der Waals surface area (Å²) in [7, 11) is -1.49. The third-order valence-electron chi connectivity index (χ3n) is 5.39. The normalized spacial score (nSPS) is 14.1. The number of phosphoric acid groups is 1. The standard InChI is InChI=1S/C26H34F4NO6PS/c1-24(2,3)37-23(32)31-25(4,17-36-38(33,34-5)35-6)14-8-9-18-12-13-21(16-22(18)27)39-20-11-7-10-19(15-20)26(28,29)30/h7,10-13,15-16H,8-9,14,17H2,1-6H3,(H,31,32). The molecule has 1 unspecified atom stereocenters.